The van der Waals surface area contributed by atoms with Crippen LogP contribution in [0, 0.1) is 6.92 Å². The Kier molecular flexibility index (Phi) is 3.94. The van der Waals surface area contributed by atoms with Crippen LogP contribution >= 0.6 is 0 Å². The Balaban J connectivity index is 2.14. The van der Waals surface area contributed by atoms with Crippen molar-refractivity contribution in [2.75, 3.05) is 13.1 Å². The first-order chi connectivity index (χ1) is 8.87. The van der Waals surface area contributed by atoms with Crippen LogP contribution in [-0.2, 0) is 4.74 Å². The molecular weight excluding hydrogens is 244 g/mol. The lowest BCUT2D eigenvalue weighted by Gasteiger charge is -2.20. The number of ether oxygens (including phenoxy) is 1. The molecule has 0 saturated carbocycles. The van der Waals surface area contributed by atoms with Gasteiger partial charge in [-0.1, -0.05) is 0 Å². The molecule has 1 fully saturated rings. The van der Waals surface area contributed by atoms with Gasteiger partial charge in [-0.25, -0.2) is 9.78 Å². The fraction of sp³-hybridized carbons (Fsp3) is 0.714. The molecule has 19 heavy (non-hydrogen) atoms. The van der Waals surface area contributed by atoms with Gasteiger partial charge in [0.05, 0.1) is 5.69 Å². The number of esters is 1. The molecule has 5 heteroatoms. The van der Waals surface area contributed by atoms with Gasteiger partial charge in [0.1, 0.15) is 5.60 Å². The summed E-state index contributed by atoms with van der Waals surface area (Å²) in [7, 11) is 0. The normalized spacial score (nSPS) is 20.3. The molecule has 2 rings (SSSR count). The number of carbonyl (C=O) groups is 1. The second-order valence-electron chi connectivity index (χ2n) is 6.01. The van der Waals surface area contributed by atoms with Gasteiger partial charge in [0.15, 0.2) is 5.89 Å². The van der Waals surface area contributed by atoms with Gasteiger partial charge in [-0.2, -0.15) is 0 Å². The van der Waals surface area contributed by atoms with Crippen molar-refractivity contribution in [3.8, 4) is 0 Å². The highest BCUT2D eigenvalue weighted by Crippen LogP contribution is 2.25. The molecular formula is C14H22N2O3. The molecule has 5 nitrogen and oxygen atoms in total. The van der Waals surface area contributed by atoms with Crippen molar-refractivity contribution < 1.29 is 13.9 Å². The number of rotatable bonds is 2. The first-order valence-electron chi connectivity index (χ1n) is 6.78. The van der Waals surface area contributed by atoms with E-state index in [-0.39, 0.29) is 11.7 Å². The third kappa shape index (κ3) is 3.56. The van der Waals surface area contributed by atoms with E-state index in [9.17, 15) is 4.79 Å². The van der Waals surface area contributed by atoms with Gasteiger partial charge in [-0.05, 0) is 47.1 Å². The Bertz CT molecular complexity index is 454. The molecule has 1 aromatic heterocycles. The Hall–Kier alpha value is -1.36. The molecule has 2 heterocycles. The number of oxazole rings is 1. The average Bonchev–Trinajstić information content (AvgIpc) is 2.70. The van der Waals surface area contributed by atoms with Crippen LogP contribution in [0.25, 0.3) is 0 Å². The molecule has 0 bridgehead atoms. The van der Waals surface area contributed by atoms with Crippen molar-refractivity contribution in [1.82, 2.24) is 10.3 Å². The molecule has 1 N–H and O–H groups in total. The lowest BCUT2D eigenvalue weighted by atomic mass is 10.00. The van der Waals surface area contributed by atoms with E-state index in [2.05, 4.69) is 10.3 Å². The summed E-state index contributed by atoms with van der Waals surface area (Å²) in [6.45, 7) is 9.18. The first kappa shape index (κ1) is 14.1. The van der Waals surface area contributed by atoms with Gasteiger partial charge in [-0.15, -0.1) is 0 Å². The average molecular weight is 266 g/mol. The van der Waals surface area contributed by atoms with E-state index >= 15 is 0 Å². The van der Waals surface area contributed by atoms with Crippen LogP contribution in [0.15, 0.2) is 4.42 Å². The van der Waals surface area contributed by atoms with Crippen molar-refractivity contribution in [2.24, 2.45) is 0 Å². The SMILES string of the molecule is Cc1nc(C2CCCNC2)oc1C(=O)OC(C)(C)C. The van der Waals surface area contributed by atoms with Crippen LogP contribution in [0.5, 0.6) is 0 Å². The van der Waals surface area contributed by atoms with Gasteiger partial charge < -0.3 is 14.5 Å². The van der Waals surface area contributed by atoms with E-state index in [1.54, 1.807) is 6.92 Å². The molecule has 1 unspecified atom stereocenters. The molecule has 1 aliphatic rings. The summed E-state index contributed by atoms with van der Waals surface area (Å²) in [6, 6.07) is 0. The maximum Gasteiger partial charge on any atom is 0.376 e. The summed E-state index contributed by atoms with van der Waals surface area (Å²) >= 11 is 0. The Morgan fingerprint density at radius 3 is 2.79 bits per heavy atom. The van der Waals surface area contributed by atoms with E-state index in [0.717, 1.165) is 25.9 Å². The van der Waals surface area contributed by atoms with Crippen LogP contribution in [-0.4, -0.2) is 29.6 Å². The number of hydrogen-bond acceptors (Lipinski definition) is 5. The zero-order valence-corrected chi connectivity index (χ0v) is 12.1. The molecule has 1 aromatic rings. The summed E-state index contributed by atoms with van der Waals surface area (Å²) < 4.78 is 11.0. The minimum absolute atomic E-state index is 0.232. The molecule has 0 spiro atoms. The predicted octanol–water partition coefficient (Wildman–Crippen LogP) is 2.41. The Morgan fingerprint density at radius 1 is 1.47 bits per heavy atom. The molecule has 0 amide bonds. The minimum Gasteiger partial charge on any atom is -0.454 e. The maximum absolute atomic E-state index is 12.0. The molecule has 106 valence electrons. The van der Waals surface area contributed by atoms with Crippen LogP contribution in [0.2, 0.25) is 0 Å². The second kappa shape index (κ2) is 5.33. The highest BCUT2D eigenvalue weighted by atomic mass is 16.6. The van der Waals surface area contributed by atoms with Gasteiger partial charge in [0, 0.05) is 12.5 Å². The number of aromatic nitrogens is 1. The van der Waals surface area contributed by atoms with Crippen LogP contribution in [0.3, 0.4) is 0 Å². The van der Waals surface area contributed by atoms with Gasteiger partial charge in [0.2, 0.25) is 5.76 Å². The van der Waals surface area contributed by atoms with E-state index in [1.165, 1.54) is 0 Å². The van der Waals surface area contributed by atoms with Crippen LogP contribution in [0.4, 0.5) is 0 Å². The fourth-order valence-corrected chi connectivity index (χ4v) is 2.17. The van der Waals surface area contributed by atoms with Crippen molar-refractivity contribution in [1.29, 1.82) is 0 Å². The summed E-state index contributed by atoms with van der Waals surface area (Å²) in [5, 5.41) is 3.31. The maximum atomic E-state index is 12.0. The highest BCUT2D eigenvalue weighted by Gasteiger charge is 2.27. The summed E-state index contributed by atoms with van der Waals surface area (Å²) in [6.07, 6.45) is 2.15. The fourth-order valence-electron chi connectivity index (χ4n) is 2.17. The van der Waals surface area contributed by atoms with Crippen molar-refractivity contribution in [3.05, 3.63) is 17.3 Å². The van der Waals surface area contributed by atoms with E-state index in [1.807, 2.05) is 20.8 Å². The Labute approximate surface area is 113 Å². The largest absolute Gasteiger partial charge is 0.454 e. The lowest BCUT2D eigenvalue weighted by molar-refractivity contribution is 0.00326. The monoisotopic (exact) mass is 266 g/mol. The first-order valence-corrected chi connectivity index (χ1v) is 6.78. The van der Waals surface area contributed by atoms with Gasteiger partial charge >= 0.3 is 5.97 Å². The number of aryl methyl sites for hydroxylation is 1. The molecule has 1 saturated heterocycles. The smallest absolute Gasteiger partial charge is 0.376 e. The quantitative estimate of drug-likeness (QED) is 0.833. The van der Waals surface area contributed by atoms with E-state index in [0.29, 0.717) is 11.6 Å². The third-order valence-corrected chi connectivity index (χ3v) is 3.04. The van der Waals surface area contributed by atoms with E-state index < -0.39 is 11.6 Å². The summed E-state index contributed by atoms with van der Waals surface area (Å²) in [5.41, 5.74) is 0.0814. The molecule has 1 atom stereocenters. The number of piperidine rings is 1. The summed E-state index contributed by atoms with van der Waals surface area (Å²) in [5.74, 6) is 0.692. The predicted molar refractivity (Wildman–Crippen MR) is 71.3 cm³/mol. The second-order valence-corrected chi connectivity index (χ2v) is 6.01. The molecule has 0 aromatic carbocycles. The van der Waals surface area contributed by atoms with Crippen LogP contribution in [0.1, 0.15) is 61.7 Å². The summed E-state index contributed by atoms with van der Waals surface area (Å²) in [4.78, 5) is 16.4. The van der Waals surface area contributed by atoms with Crippen molar-refractivity contribution >= 4 is 5.97 Å². The third-order valence-electron chi connectivity index (χ3n) is 3.04. The zero-order valence-electron chi connectivity index (χ0n) is 12.1. The Morgan fingerprint density at radius 2 is 2.21 bits per heavy atom. The molecule has 0 aliphatic carbocycles. The van der Waals surface area contributed by atoms with Crippen molar-refractivity contribution in [2.45, 2.75) is 52.1 Å². The molecule has 0 radical (unpaired) electrons. The standard InChI is InChI=1S/C14H22N2O3/c1-9-11(13(17)19-14(2,3)4)18-12(16-9)10-6-5-7-15-8-10/h10,15H,5-8H2,1-4H3. The topological polar surface area (TPSA) is 64.4 Å². The molecule has 1 aliphatic heterocycles. The van der Waals surface area contributed by atoms with Crippen molar-refractivity contribution in [3.63, 3.8) is 0 Å². The van der Waals surface area contributed by atoms with Crippen LogP contribution < -0.4 is 5.32 Å². The van der Waals surface area contributed by atoms with E-state index in [4.69, 9.17) is 9.15 Å². The van der Waals surface area contributed by atoms with Gasteiger partial charge in [0.25, 0.3) is 0 Å². The minimum atomic E-state index is -0.525. The number of nitrogens with zero attached hydrogens (tertiary/aromatic N) is 1. The zero-order chi connectivity index (χ0) is 14.0. The number of carbonyl (C=O) groups excluding carboxylic acids is 1. The highest BCUT2D eigenvalue weighted by molar-refractivity contribution is 5.87. The number of nitrogens with one attached hydrogen (secondary N) is 1. The lowest BCUT2D eigenvalue weighted by Crippen LogP contribution is -2.28. The van der Waals surface area contributed by atoms with Gasteiger partial charge in [-0.3, -0.25) is 0 Å². The number of hydrogen-bond donors (Lipinski definition) is 1.